The number of aromatic nitrogens is 1. The molecule has 0 radical (unpaired) electrons. The normalized spacial score (nSPS) is 12.6. The molecule has 0 saturated carbocycles. The van der Waals surface area contributed by atoms with Crippen molar-refractivity contribution >= 4 is 16.9 Å². The second-order valence-corrected chi connectivity index (χ2v) is 4.13. The molecule has 0 aliphatic rings. The highest BCUT2D eigenvalue weighted by molar-refractivity contribution is 5.84. The van der Waals surface area contributed by atoms with Crippen LogP contribution < -0.4 is 11.5 Å². The first kappa shape index (κ1) is 12.6. The lowest BCUT2D eigenvalue weighted by molar-refractivity contribution is -0.144. The number of hydrogen-bond acceptors (Lipinski definition) is 4. The Morgan fingerprint density at radius 3 is 2.94 bits per heavy atom. The Kier molecular flexibility index (Phi) is 3.96. The molecule has 1 aromatic heterocycles. The van der Waals surface area contributed by atoms with Gasteiger partial charge in [0.05, 0.1) is 0 Å². The fourth-order valence-electron chi connectivity index (χ4n) is 1.89. The van der Waals surface area contributed by atoms with Crippen LogP contribution in [-0.2, 0) is 16.0 Å². The Morgan fingerprint density at radius 1 is 1.39 bits per heavy atom. The quantitative estimate of drug-likeness (QED) is 0.672. The lowest BCUT2D eigenvalue weighted by Gasteiger charge is -2.10. The van der Waals surface area contributed by atoms with Crippen LogP contribution in [-0.4, -0.2) is 30.1 Å². The number of nitrogens with one attached hydrogen (secondary N) is 1. The molecule has 5 N–H and O–H groups in total. The van der Waals surface area contributed by atoms with E-state index in [9.17, 15) is 4.79 Å². The number of rotatable bonds is 5. The maximum Gasteiger partial charge on any atom is 0.323 e. The molecule has 0 spiro atoms. The number of ether oxygens (including phenoxy) is 1. The highest BCUT2D eigenvalue weighted by Crippen LogP contribution is 2.18. The van der Waals surface area contributed by atoms with Crippen molar-refractivity contribution in [1.82, 2.24) is 4.98 Å². The van der Waals surface area contributed by atoms with Gasteiger partial charge in [-0.15, -0.1) is 0 Å². The Morgan fingerprint density at radius 2 is 2.17 bits per heavy atom. The van der Waals surface area contributed by atoms with E-state index in [1.807, 2.05) is 30.5 Å². The standard InChI is InChI=1S/C13H17N3O2/c14-5-6-18-13(17)11(15)7-9-8-16-12-4-2-1-3-10(9)12/h1-4,8,11,16H,5-7,14-15H2/t11-/m0/s1. The topological polar surface area (TPSA) is 94.1 Å². The lowest BCUT2D eigenvalue weighted by atomic mass is 10.1. The zero-order chi connectivity index (χ0) is 13.0. The number of fused-ring (bicyclic) bond motifs is 1. The first-order valence-corrected chi connectivity index (χ1v) is 5.89. The second-order valence-electron chi connectivity index (χ2n) is 4.13. The van der Waals surface area contributed by atoms with Crippen molar-refractivity contribution in [1.29, 1.82) is 0 Å². The summed E-state index contributed by atoms with van der Waals surface area (Å²) >= 11 is 0. The molecule has 0 saturated heterocycles. The van der Waals surface area contributed by atoms with E-state index in [1.54, 1.807) is 0 Å². The molecule has 0 bridgehead atoms. The summed E-state index contributed by atoms with van der Waals surface area (Å²) in [6, 6.07) is 7.24. The van der Waals surface area contributed by atoms with Gasteiger partial charge < -0.3 is 21.2 Å². The molecule has 1 atom stereocenters. The zero-order valence-corrected chi connectivity index (χ0v) is 10.1. The van der Waals surface area contributed by atoms with Crippen molar-refractivity contribution < 1.29 is 9.53 Å². The molecule has 2 aromatic rings. The minimum atomic E-state index is -0.657. The van der Waals surface area contributed by atoms with Gasteiger partial charge in [0.2, 0.25) is 0 Å². The van der Waals surface area contributed by atoms with Gasteiger partial charge in [0.25, 0.3) is 0 Å². The molecule has 0 aliphatic carbocycles. The van der Waals surface area contributed by atoms with Crippen LogP contribution in [0.5, 0.6) is 0 Å². The average molecular weight is 247 g/mol. The smallest absolute Gasteiger partial charge is 0.323 e. The highest BCUT2D eigenvalue weighted by atomic mass is 16.5. The Hall–Kier alpha value is -1.85. The molecule has 5 heteroatoms. The van der Waals surface area contributed by atoms with E-state index < -0.39 is 12.0 Å². The third-order valence-corrected chi connectivity index (χ3v) is 2.78. The maximum absolute atomic E-state index is 11.6. The van der Waals surface area contributed by atoms with Crippen LogP contribution in [0.1, 0.15) is 5.56 Å². The lowest BCUT2D eigenvalue weighted by Crippen LogP contribution is -2.35. The molecule has 0 fully saturated rings. The minimum Gasteiger partial charge on any atom is -0.463 e. The minimum absolute atomic E-state index is 0.209. The van der Waals surface area contributed by atoms with E-state index in [1.165, 1.54) is 0 Å². The van der Waals surface area contributed by atoms with E-state index in [-0.39, 0.29) is 6.61 Å². The van der Waals surface area contributed by atoms with E-state index in [2.05, 4.69) is 4.98 Å². The van der Waals surface area contributed by atoms with Crippen LogP contribution in [0, 0.1) is 0 Å². The molecule has 96 valence electrons. The SMILES string of the molecule is NCCOC(=O)[C@@H](N)Cc1c[nH]c2ccccc12. The molecule has 18 heavy (non-hydrogen) atoms. The van der Waals surface area contributed by atoms with Gasteiger partial charge in [0.1, 0.15) is 12.6 Å². The summed E-state index contributed by atoms with van der Waals surface area (Å²) in [5.74, 6) is -0.411. The fourth-order valence-corrected chi connectivity index (χ4v) is 1.89. The summed E-state index contributed by atoms with van der Waals surface area (Å²) in [5.41, 5.74) is 13.1. The van der Waals surface area contributed by atoms with Crippen molar-refractivity contribution in [3.63, 3.8) is 0 Å². The van der Waals surface area contributed by atoms with E-state index >= 15 is 0 Å². The predicted octanol–water partition coefficient (Wildman–Crippen LogP) is 0.540. The molecule has 1 aromatic carbocycles. The van der Waals surface area contributed by atoms with Crippen LogP contribution in [0.3, 0.4) is 0 Å². The van der Waals surface area contributed by atoms with E-state index in [0.29, 0.717) is 13.0 Å². The third kappa shape index (κ3) is 2.69. The first-order chi connectivity index (χ1) is 8.72. The molecular formula is C13H17N3O2. The van der Waals surface area contributed by atoms with E-state index in [0.717, 1.165) is 16.5 Å². The average Bonchev–Trinajstić information content (AvgIpc) is 2.79. The Bertz CT molecular complexity index is 536. The first-order valence-electron chi connectivity index (χ1n) is 5.89. The number of para-hydroxylation sites is 1. The summed E-state index contributed by atoms with van der Waals surface area (Å²) in [4.78, 5) is 14.7. The predicted molar refractivity (Wildman–Crippen MR) is 70.0 cm³/mol. The molecule has 2 rings (SSSR count). The molecule has 5 nitrogen and oxygen atoms in total. The Balaban J connectivity index is 2.07. The highest BCUT2D eigenvalue weighted by Gasteiger charge is 2.17. The number of carbonyl (C=O) groups is 1. The van der Waals surface area contributed by atoms with Crippen LogP contribution in [0.25, 0.3) is 10.9 Å². The van der Waals surface area contributed by atoms with Gasteiger partial charge in [-0.2, -0.15) is 0 Å². The summed E-state index contributed by atoms with van der Waals surface area (Å²) in [7, 11) is 0. The Labute approximate surface area is 105 Å². The van der Waals surface area contributed by atoms with Gasteiger partial charge in [-0.25, -0.2) is 0 Å². The maximum atomic E-state index is 11.6. The monoisotopic (exact) mass is 247 g/mol. The molecule has 0 unspecified atom stereocenters. The summed E-state index contributed by atoms with van der Waals surface area (Å²) < 4.78 is 4.91. The zero-order valence-electron chi connectivity index (χ0n) is 10.1. The summed E-state index contributed by atoms with van der Waals surface area (Å²) in [6.45, 7) is 0.520. The van der Waals surface area contributed by atoms with Crippen LogP contribution in [0.2, 0.25) is 0 Å². The fraction of sp³-hybridized carbons (Fsp3) is 0.308. The number of hydrogen-bond donors (Lipinski definition) is 3. The second kappa shape index (κ2) is 5.66. The van der Waals surface area contributed by atoms with Crippen molar-refractivity contribution in [3.8, 4) is 0 Å². The number of aromatic amines is 1. The number of H-pyrrole nitrogens is 1. The molecule has 1 heterocycles. The van der Waals surface area contributed by atoms with Gasteiger partial charge in [0, 0.05) is 30.1 Å². The van der Waals surface area contributed by atoms with Crippen molar-refractivity contribution in [3.05, 3.63) is 36.0 Å². The van der Waals surface area contributed by atoms with Gasteiger partial charge in [-0.1, -0.05) is 18.2 Å². The van der Waals surface area contributed by atoms with Gasteiger partial charge in [-0.05, 0) is 11.6 Å². The van der Waals surface area contributed by atoms with Crippen LogP contribution >= 0.6 is 0 Å². The summed E-state index contributed by atoms with van der Waals surface area (Å²) in [6.07, 6.45) is 2.33. The van der Waals surface area contributed by atoms with Crippen molar-refractivity contribution in [2.45, 2.75) is 12.5 Å². The molecule has 0 aliphatic heterocycles. The van der Waals surface area contributed by atoms with Crippen LogP contribution in [0.4, 0.5) is 0 Å². The number of carbonyl (C=O) groups excluding carboxylic acids is 1. The summed E-state index contributed by atoms with van der Waals surface area (Å²) in [5, 5.41) is 1.08. The number of esters is 1. The van der Waals surface area contributed by atoms with Crippen molar-refractivity contribution in [2.24, 2.45) is 11.5 Å². The number of benzene rings is 1. The van der Waals surface area contributed by atoms with Gasteiger partial charge in [0.15, 0.2) is 0 Å². The van der Waals surface area contributed by atoms with Crippen LogP contribution in [0.15, 0.2) is 30.5 Å². The van der Waals surface area contributed by atoms with Gasteiger partial charge in [-0.3, -0.25) is 4.79 Å². The van der Waals surface area contributed by atoms with E-state index in [4.69, 9.17) is 16.2 Å². The third-order valence-electron chi connectivity index (χ3n) is 2.78. The molecular weight excluding hydrogens is 230 g/mol. The van der Waals surface area contributed by atoms with Gasteiger partial charge >= 0.3 is 5.97 Å². The molecule has 0 amide bonds. The number of nitrogens with two attached hydrogens (primary N) is 2. The van der Waals surface area contributed by atoms with Crippen molar-refractivity contribution in [2.75, 3.05) is 13.2 Å². The largest absolute Gasteiger partial charge is 0.463 e.